The Labute approximate surface area is 153 Å². The van der Waals surface area contributed by atoms with Crippen molar-refractivity contribution < 1.29 is 4.74 Å². The van der Waals surface area contributed by atoms with E-state index in [0.717, 1.165) is 24.7 Å². The molecule has 0 aromatic heterocycles. The van der Waals surface area contributed by atoms with Crippen molar-refractivity contribution in [3.05, 3.63) is 53.6 Å². The van der Waals surface area contributed by atoms with Gasteiger partial charge in [-0.2, -0.15) is 0 Å². The molecule has 1 nitrogen and oxygen atoms in total. The predicted octanol–water partition coefficient (Wildman–Crippen LogP) is 6.83. The minimum absolute atomic E-state index is 0.789. The number of ether oxygens (including phenoxy) is 1. The van der Waals surface area contributed by atoms with Crippen LogP contribution in [0.25, 0.3) is 11.1 Å². The van der Waals surface area contributed by atoms with Crippen LogP contribution in [0.15, 0.2) is 42.5 Å². The molecule has 1 aliphatic carbocycles. The van der Waals surface area contributed by atoms with Gasteiger partial charge in [-0.3, -0.25) is 0 Å². The van der Waals surface area contributed by atoms with Crippen molar-refractivity contribution in [1.82, 2.24) is 0 Å². The summed E-state index contributed by atoms with van der Waals surface area (Å²) in [5.41, 5.74) is 5.77. The molecule has 3 rings (SSSR count). The van der Waals surface area contributed by atoms with Gasteiger partial charge in [0.25, 0.3) is 0 Å². The molecule has 0 bridgehead atoms. The monoisotopic (exact) mass is 336 g/mol. The smallest absolute Gasteiger partial charge is 0.119 e. The Kier molecular flexibility index (Phi) is 6.55. The average Bonchev–Trinajstić information content (AvgIpc) is 2.66. The first-order valence-corrected chi connectivity index (χ1v) is 10.1. The minimum Gasteiger partial charge on any atom is -0.494 e. The number of aryl methyl sites for hydroxylation is 1. The van der Waals surface area contributed by atoms with E-state index >= 15 is 0 Å². The summed E-state index contributed by atoms with van der Waals surface area (Å²) in [7, 11) is 0. The highest BCUT2D eigenvalue weighted by atomic mass is 16.5. The summed E-state index contributed by atoms with van der Waals surface area (Å²) in [4.78, 5) is 0. The zero-order valence-electron chi connectivity index (χ0n) is 15.9. The second-order valence-corrected chi connectivity index (χ2v) is 7.46. The summed E-state index contributed by atoms with van der Waals surface area (Å²) in [5.74, 6) is 1.87. The molecule has 0 saturated heterocycles. The van der Waals surface area contributed by atoms with Crippen molar-refractivity contribution >= 4 is 0 Å². The van der Waals surface area contributed by atoms with E-state index in [1.54, 1.807) is 11.1 Å². The molecule has 0 aliphatic heterocycles. The van der Waals surface area contributed by atoms with Crippen LogP contribution in [0.2, 0.25) is 0 Å². The highest BCUT2D eigenvalue weighted by Crippen LogP contribution is 2.32. The van der Waals surface area contributed by atoms with E-state index in [-0.39, 0.29) is 0 Å². The maximum absolute atomic E-state index is 5.69. The zero-order valence-corrected chi connectivity index (χ0v) is 15.9. The maximum atomic E-state index is 5.69. The van der Waals surface area contributed by atoms with E-state index in [4.69, 9.17) is 4.74 Å². The van der Waals surface area contributed by atoms with Gasteiger partial charge < -0.3 is 4.74 Å². The maximum Gasteiger partial charge on any atom is 0.119 e. The Bertz CT molecular complexity index is 656. The highest BCUT2D eigenvalue weighted by molar-refractivity contribution is 5.65. The molecule has 2 aromatic rings. The molecule has 0 spiro atoms. The first-order chi connectivity index (χ1) is 12.3. The van der Waals surface area contributed by atoms with Gasteiger partial charge in [-0.05, 0) is 66.0 Å². The Hall–Kier alpha value is -1.76. The molecular formula is C24H32O. The molecule has 25 heavy (non-hydrogen) atoms. The van der Waals surface area contributed by atoms with Crippen LogP contribution < -0.4 is 4.74 Å². The fourth-order valence-electron chi connectivity index (χ4n) is 3.90. The van der Waals surface area contributed by atoms with Gasteiger partial charge in [0, 0.05) is 0 Å². The van der Waals surface area contributed by atoms with Crippen LogP contribution >= 0.6 is 0 Å². The summed E-state index contributed by atoms with van der Waals surface area (Å²) in [6.07, 6.45) is 10.5. The molecule has 2 aromatic carbocycles. The van der Waals surface area contributed by atoms with Crippen molar-refractivity contribution in [3.63, 3.8) is 0 Å². The molecule has 0 fully saturated rings. The molecule has 1 heteroatoms. The van der Waals surface area contributed by atoms with Gasteiger partial charge in [-0.15, -0.1) is 0 Å². The molecule has 134 valence electrons. The molecule has 0 radical (unpaired) electrons. The third-order valence-electron chi connectivity index (χ3n) is 5.41. The normalized spacial score (nSPS) is 16.5. The van der Waals surface area contributed by atoms with E-state index in [1.807, 2.05) is 0 Å². The van der Waals surface area contributed by atoms with Crippen LogP contribution in [0.1, 0.15) is 63.5 Å². The predicted molar refractivity (Wildman–Crippen MR) is 107 cm³/mol. The molecule has 0 amide bonds. The third-order valence-corrected chi connectivity index (χ3v) is 5.41. The van der Waals surface area contributed by atoms with Crippen molar-refractivity contribution in [2.45, 2.75) is 65.2 Å². The van der Waals surface area contributed by atoms with Crippen LogP contribution in [0, 0.1) is 5.92 Å². The van der Waals surface area contributed by atoms with Crippen molar-refractivity contribution in [3.8, 4) is 16.9 Å². The Morgan fingerprint density at radius 3 is 2.44 bits per heavy atom. The largest absolute Gasteiger partial charge is 0.494 e. The SMILES string of the molecule is CCCCCC1CCc2cc(-c3ccc(OCCC)cc3)ccc2C1. The molecule has 0 N–H and O–H groups in total. The van der Waals surface area contributed by atoms with Crippen molar-refractivity contribution in [1.29, 1.82) is 0 Å². The van der Waals surface area contributed by atoms with Gasteiger partial charge in [0.1, 0.15) is 5.75 Å². The number of unbranched alkanes of at least 4 members (excludes halogenated alkanes) is 2. The van der Waals surface area contributed by atoms with Crippen LogP contribution in [0.5, 0.6) is 5.75 Å². The molecule has 1 aliphatic rings. The number of hydrogen-bond acceptors (Lipinski definition) is 1. The van der Waals surface area contributed by atoms with Gasteiger partial charge in [-0.1, -0.05) is 69.9 Å². The minimum atomic E-state index is 0.789. The quantitative estimate of drug-likeness (QED) is 0.480. The van der Waals surface area contributed by atoms with Crippen LogP contribution in [-0.4, -0.2) is 6.61 Å². The van der Waals surface area contributed by atoms with Crippen LogP contribution in [0.3, 0.4) is 0 Å². The standard InChI is InChI=1S/C24H32O/c1-3-5-6-7-19-8-9-23-18-22(11-10-21(23)17-19)20-12-14-24(15-13-20)25-16-4-2/h10-15,18-19H,3-9,16-17H2,1-2H3. The summed E-state index contributed by atoms with van der Waals surface area (Å²) in [6, 6.07) is 15.6. The average molecular weight is 337 g/mol. The summed E-state index contributed by atoms with van der Waals surface area (Å²) >= 11 is 0. The van der Waals surface area contributed by atoms with Gasteiger partial charge in [0.05, 0.1) is 6.61 Å². The zero-order chi connectivity index (χ0) is 17.5. The van der Waals surface area contributed by atoms with E-state index in [9.17, 15) is 0 Å². The van der Waals surface area contributed by atoms with Gasteiger partial charge in [-0.25, -0.2) is 0 Å². The lowest BCUT2D eigenvalue weighted by Gasteiger charge is -2.25. The molecular weight excluding hydrogens is 304 g/mol. The third kappa shape index (κ3) is 4.87. The lowest BCUT2D eigenvalue weighted by Crippen LogP contribution is -2.14. The second-order valence-electron chi connectivity index (χ2n) is 7.46. The van der Waals surface area contributed by atoms with Crippen molar-refractivity contribution in [2.24, 2.45) is 5.92 Å². The molecule has 0 saturated carbocycles. The topological polar surface area (TPSA) is 9.23 Å². The molecule has 1 unspecified atom stereocenters. The van der Waals surface area contributed by atoms with E-state index in [1.165, 1.54) is 56.1 Å². The van der Waals surface area contributed by atoms with Gasteiger partial charge >= 0.3 is 0 Å². The first-order valence-electron chi connectivity index (χ1n) is 10.1. The Balaban J connectivity index is 1.66. The van der Waals surface area contributed by atoms with E-state index < -0.39 is 0 Å². The number of benzene rings is 2. The van der Waals surface area contributed by atoms with Crippen LogP contribution in [-0.2, 0) is 12.8 Å². The van der Waals surface area contributed by atoms with Gasteiger partial charge in [0.15, 0.2) is 0 Å². The summed E-state index contributed by atoms with van der Waals surface area (Å²) in [5, 5.41) is 0. The first kappa shape index (κ1) is 18.0. The fraction of sp³-hybridized carbons (Fsp3) is 0.500. The van der Waals surface area contributed by atoms with Crippen LogP contribution in [0.4, 0.5) is 0 Å². The lowest BCUT2D eigenvalue weighted by molar-refractivity contribution is 0.317. The summed E-state index contributed by atoms with van der Waals surface area (Å²) < 4.78 is 5.69. The Morgan fingerprint density at radius 1 is 0.880 bits per heavy atom. The number of rotatable bonds is 8. The van der Waals surface area contributed by atoms with E-state index in [0.29, 0.717) is 0 Å². The fourth-order valence-corrected chi connectivity index (χ4v) is 3.90. The number of fused-ring (bicyclic) bond motifs is 1. The van der Waals surface area contributed by atoms with Gasteiger partial charge in [0.2, 0.25) is 0 Å². The Morgan fingerprint density at radius 2 is 1.68 bits per heavy atom. The molecule has 0 heterocycles. The highest BCUT2D eigenvalue weighted by Gasteiger charge is 2.18. The summed E-state index contributed by atoms with van der Waals surface area (Å²) in [6.45, 7) is 5.22. The number of hydrogen-bond donors (Lipinski definition) is 0. The second kappa shape index (κ2) is 9.08. The van der Waals surface area contributed by atoms with E-state index in [2.05, 4.69) is 56.3 Å². The van der Waals surface area contributed by atoms with Crippen molar-refractivity contribution in [2.75, 3.05) is 6.61 Å². The lowest BCUT2D eigenvalue weighted by atomic mass is 9.80. The molecule has 1 atom stereocenters.